The van der Waals surface area contributed by atoms with Gasteiger partial charge in [-0.15, -0.1) is 0 Å². The van der Waals surface area contributed by atoms with Crippen molar-refractivity contribution in [1.29, 1.82) is 0 Å². The number of fused-ring (bicyclic) bond motifs is 1. The summed E-state index contributed by atoms with van der Waals surface area (Å²) in [5.41, 5.74) is 8.17. The molecule has 0 aliphatic carbocycles. The average Bonchev–Trinajstić information content (AvgIpc) is 2.48. The van der Waals surface area contributed by atoms with E-state index in [2.05, 4.69) is 0 Å². The van der Waals surface area contributed by atoms with E-state index in [9.17, 15) is 9.18 Å². The van der Waals surface area contributed by atoms with Crippen LogP contribution in [0.5, 0.6) is 0 Å². The maximum atomic E-state index is 14.1. The highest BCUT2D eigenvalue weighted by Crippen LogP contribution is 2.31. The molecular formula is C16H14ClFN2O. The predicted molar refractivity (Wildman–Crippen MR) is 82.3 cm³/mol. The summed E-state index contributed by atoms with van der Waals surface area (Å²) in [5.74, 6) is -1.07. The van der Waals surface area contributed by atoms with Gasteiger partial charge in [-0.3, -0.25) is 4.79 Å². The van der Waals surface area contributed by atoms with Crippen LogP contribution in [0, 0.1) is 5.82 Å². The molecule has 108 valence electrons. The summed E-state index contributed by atoms with van der Waals surface area (Å²) in [6, 6.07) is 9.93. The lowest BCUT2D eigenvalue weighted by Crippen LogP contribution is -2.36. The highest BCUT2D eigenvalue weighted by atomic mass is 35.5. The molecule has 3 nitrogen and oxygen atoms in total. The van der Waals surface area contributed by atoms with Gasteiger partial charge in [-0.25, -0.2) is 4.39 Å². The summed E-state index contributed by atoms with van der Waals surface area (Å²) >= 11 is 5.76. The smallest absolute Gasteiger partial charge is 0.261 e. The average molecular weight is 305 g/mol. The van der Waals surface area contributed by atoms with Crippen molar-refractivity contribution in [1.82, 2.24) is 0 Å². The van der Waals surface area contributed by atoms with Crippen LogP contribution in [0.15, 0.2) is 36.4 Å². The van der Waals surface area contributed by atoms with Crippen LogP contribution in [0.3, 0.4) is 0 Å². The first-order valence-electron chi connectivity index (χ1n) is 6.72. The van der Waals surface area contributed by atoms with Crippen molar-refractivity contribution in [3.8, 4) is 0 Å². The Kier molecular flexibility index (Phi) is 3.55. The fraction of sp³-hybridized carbons (Fsp3) is 0.188. The molecule has 3 rings (SSSR count). The Morgan fingerprint density at radius 2 is 2.10 bits per heavy atom. The van der Waals surface area contributed by atoms with Crippen LogP contribution < -0.4 is 10.6 Å². The van der Waals surface area contributed by atoms with E-state index in [0.717, 1.165) is 24.1 Å². The van der Waals surface area contributed by atoms with Gasteiger partial charge in [-0.1, -0.05) is 23.7 Å². The van der Waals surface area contributed by atoms with Crippen LogP contribution in [-0.4, -0.2) is 12.5 Å². The topological polar surface area (TPSA) is 46.3 Å². The maximum absolute atomic E-state index is 14.1. The zero-order chi connectivity index (χ0) is 15.0. The molecule has 2 N–H and O–H groups in total. The maximum Gasteiger partial charge on any atom is 0.261 e. The van der Waals surface area contributed by atoms with Crippen LogP contribution >= 0.6 is 11.6 Å². The van der Waals surface area contributed by atoms with Crippen molar-refractivity contribution in [2.75, 3.05) is 17.2 Å². The molecule has 0 saturated heterocycles. The minimum Gasteiger partial charge on any atom is -0.399 e. The Hall–Kier alpha value is -2.07. The Morgan fingerprint density at radius 3 is 2.90 bits per heavy atom. The molecule has 1 aliphatic rings. The van der Waals surface area contributed by atoms with E-state index in [1.165, 1.54) is 12.1 Å². The molecule has 21 heavy (non-hydrogen) atoms. The van der Waals surface area contributed by atoms with Crippen LogP contribution in [0.1, 0.15) is 22.3 Å². The molecule has 0 fully saturated rings. The summed E-state index contributed by atoms with van der Waals surface area (Å²) in [6.45, 7) is 0.543. The number of carbonyl (C=O) groups excluding carboxylic acids is 1. The van der Waals surface area contributed by atoms with E-state index < -0.39 is 5.82 Å². The Balaban J connectivity index is 2.04. The van der Waals surface area contributed by atoms with E-state index >= 15 is 0 Å². The van der Waals surface area contributed by atoms with Gasteiger partial charge >= 0.3 is 0 Å². The van der Waals surface area contributed by atoms with E-state index in [0.29, 0.717) is 12.2 Å². The summed E-state index contributed by atoms with van der Waals surface area (Å²) in [5, 5.41) is -0.0503. The van der Waals surface area contributed by atoms with Gasteiger partial charge in [0.05, 0.1) is 10.6 Å². The summed E-state index contributed by atoms with van der Waals surface area (Å²) in [4.78, 5) is 14.2. The highest BCUT2D eigenvalue weighted by Gasteiger charge is 2.26. The molecule has 2 aromatic rings. The van der Waals surface area contributed by atoms with E-state index in [4.69, 9.17) is 17.3 Å². The predicted octanol–water partition coefficient (Wildman–Crippen LogP) is 3.65. The van der Waals surface area contributed by atoms with Crippen molar-refractivity contribution in [2.24, 2.45) is 0 Å². The lowest BCUT2D eigenvalue weighted by Gasteiger charge is -2.30. The zero-order valence-electron chi connectivity index (χ0n) is 11.3. The van der Waals surface area contributed by atoms with Crippen molar-refractivity contribution < 1.29 is 9.18 Å². The first-order valence-corrected chi connectivity index (χ1v) is 7.10. The molecule has 0 spiro atoms. The molecule has 1 aliphatic heterocycles. The number of nitrogens with zero attached hydrogens (tertiary/aromatic N) is 1. The number of benzene rings is 2. The lowest BCUT2D eigenvalue weighted by atomic mass is 10.00. The molecule has 2 aromatic carbocycles. The van der Waals surface area contributed by atoms with Gasteiger partial charge in [0.1, 0.15) is 0 Å². The van der Waals surface area contributed by atoms with Gasteiger partial charge < -0.3 is 10.6 Å². The number of rotatable bonds is 1. The second kappa shape index (κ2) is 5.37. The zero-order valence-corrected chi connectivity index (χ0v) is 12.0. The molecule has 0 aromatic heterocycles. The number of nitrogens with two attached hydrogens (primary N) is 1. The van der Waals surface area contributed by atoms with E-state index in [-0.39, 0.29) is 16.5 Å². The monoisotopic (exact) mass is 304 g/mol. The summed E-state index contributed by atoms with van der Waals surface area (Å²) in [6.07, 6.45) is 1.72. The third-order valence-electron chi connectivity index (χ3n) is 3.66. The second-order valence-electron chi connectivity index (χ2n) is 5.05. The first-order chi connectivity index (χ1) is 10.1. The quantitative estimate of drug-likeness (QED) is 0.817. The lowest BCUT2D eigenvalue weighted by molar-refractivity contribution is 0.0981. The van der Waals surface area contributed by atoms with Crippen molar-refractivity contribution >= 4 is 28.9 Å². The van der Waals surface area contributed by atoms with E-state index in [1.807, 2.05) is 12.1 Å². The molecule has 0 atom stereocenters. The van der Waals surface area contributed by atoms with Crippen LogP contribution in [0.25, 0.3) is 0 Å². The summed E-state index contributed by atoms with van der Waals surface area (Å²) < 4.78 is 14.1. The van der Waals surface area contributed by atoms with Crippen molar-refractivity contribution in [2.45, 2.75) is 12.8 Å². The molecule has 1 amide bonds. The normalized spacial score (nSPS) is 13.9. The molecule has 0 unspecified atom stereocenters. The number of nitrogen functional groups attached to an aromatic ring is 1. The SMILES string of the molecule is Nc1ccc2c(c1)N(C(=O)c1cccc(Cl)c1F)CCC2. The van der Waals surface area contributed by atoms with Gasteiger partial charge in [-0.2, -0.15) is 0 Å². The van der Waals surface area contributed by atoms with Crippen molar-refractivity contribution in [3.63, 3.8) is 0 Å². The fourth-order valence-electron chi connectivity index (χ4n) is 2.62. The number of hydrogen-bond acceptors (Lipinski definition) is 2. The fourth-order valence-corrected chi connectivity index (χ4v) is 2.79. The van der Waals surface area contributed by atoms with Gasteiger partial charge in [-0.05, 0) is 42.7 Å². The Bertz CT molecular complexity index is 717. The number of aryl methyl sites for hydroxylation is 1. The Labute approximate surface area is 127 Å². The molecule has 0 saturated carbocycles. The molecule has 5 heteroatoms. The first kappa shape index (κ1) is 13.9. The summed E-state index contributed by atoms with van der Waals surface area (Å²) in [7, 11) is 0. The molecule has 1 heterocycles. The van der Waals surface area contributed by atoms with Crippen LogP contribution in [0.4, 0.5) is 15.8 Å². The number of amides is 1. The van der Waals surface area contributed by atoms with Gasteiger partial charge in [0.2, 0.25) is 0 Å². The van der Waals surface area contributed by atoms with Gasteiger partial charge in [0.15, 0.2) is 5.82 Å². The minimum absolute atomic E-state index is 0.0159. The second-order valence-corrected chi connectivity index (χ2v) is 5.46. The van der Waals surface area contributed by atoms with Gasteiger partial charge in [0, 0.05) is 17.9 Å². The molecular weight excluding hydrogens is 291 g/mol. The minimum atomic E-state index is -0.680. The van der Waals surface area contributed by atoms with Crippen molar-refractivity contribution in [3.05, 3.63) is 58.4 Å². The Morgan fingerprint density at radius 1 is 1.29 bits per heavy atom. The number of hydrogen-bond donors (Lipinski definition) is 1. The largest absolute Gasteiger partial charge is 0.399 e. The third kappa shape index (κ3) is 2.47. The van der Waals surface area contributed by atoms with E-state index in [1.54, 1.807) is 17.0 Å². The standard InChI is InChI=1S/C16H14ClFN2O/c17-13-5-1-4-12(15(13)18)16(21)20-8-2-3-10-6-7-11(19)9-14(10)20/h1,4-7,9H,2-3,8,19H2. The third-order valence-corrected chi connectivity index (χ3v) is 3.95. The van der Waals surface area contributed by atoms with Gasteiger partial charge in [0.25, 0.3) is 5.91 Å². The highest BCUT2D eigenvalue weighted by molar-refractivity contribution is 6.31. The van der Waals surface area contributed by atoms with Crippen LogP contribution in [-0.2, 0) is 6.42 Å². The number of carbonyl (C=O) groups is 1. The van der Waals surface area contributed by atoms with Crippen LogP contribution in [0.2, 0.25) is 5.02 Å². The number of anilines is 2. The number of halogens is 2. The molecule has 0 radical (unpaired) electrons. The molecule has 0 bridgehead atoms.